The molecule has 2 N–H and O–H groups in total. The molecule has 0 saturated heterocycles. The first-order valence-corrected chi connectivity index (χ1v) is 5.08. The summed E-state index contributed by atoms with van der Waals surface area (Å²) >= 11 is 0. The highest BCUT2D eigenvalue weighted by molar-refractivity contribution is 5.87. The molecule has 0 aliphatic heterocycles. The van der Waals surface area contributed by atoms with Crippen LogP contribution in [-0.2, 0) is 6.54 Å². The second kappa shape index (κ2) is 4.93. The summed E-state index contributed by atoms with van der Waals surface area (Å²) in [6.07, 6.45) is 1.62. The first-order valence-electron chi connectivity index (χ1n) is 5.08. The first kappa shape index (κ1) is 11.7. The third-order valence-electron chi connectivity index (χ3n) is 2.13. The van der Waals surface area contributed by atoms with Crippen molar-refractivity contribution in [3.63, 3.8) is 0 Å². The van der Waals surface area contributed by atoms with Crippen molar-refractivity contribution in [2.45, 2.75) is 33.4 Å². The molecule has 0 spiro atoms. The van der Waals surface area contributed by atoms with Gasteiger partial charge in [-0.25, -0.2) is 4.79 Å². The largest absolute Gasteiger partial charge is 0.477 e. The smallest absolute Gasteiger partial charge is 0.354 e. The van der Waals surface area contributed by atoms with Crippen molar-refractivity contribution in [2.24, 2.45) is 0 Å². The predicted molar refractivity (Wildman–Crippen MR) is 57.0 cm³/mol. The number of carbonyl (C=O) groups is 1. The average Bonchev–Trinajstić information content (AvgIpc) is 2.58. The van der Waals surface area contributed by atoms with E-state index in [-0.39, 0.29) is 11.7 Å². The normalized spacial score (nSPS) is 10.9. The molecule has 0 saturated carbocycles. The van der Waals surface area contributed by atoms with Crippen LogP contribution in [0.1, 0.15) is 42.9 Å². The summed E-state index contributed by atoms with van der Waals surface area (Å²) in [5.74, 6) is -0.922. The molecule has 15 heavy (non-hydrogen) atoms. The van der Waals surface area contributed by atoms with E-state index in [2.05, 4.69) is 10.4 Å². The molecule has 0 unspecified atom stereocenters. The zero-order valence-corrected chi connectivity index (χ0v) is 9.32. The molecule has 84 valence electrons. The standard InChI is InChI=1S/C10H17N3O2/c1-4-11-5-8-6-12-13(7(2)3)9(8)10(14)15/h6-7,11H,4-5H2,1-3H3,(H,14,15). The molecule has 0 aliphatic rings. The van der Waals surface area contributed by atoms with Crippen molar-refractivity contribution in [2.75, 3.05) is 6.54 Å². The number of nitrogens with zero attached hydrogens (tertiary/aromatic N) is 2. The third kappa shape index (κ3) is 2.56. The lowest BCUT2D eigenvalue weighted by Gasteiger charge is -2.09. The van der Waals surface area contributed by atoms with Crippen molar-refractivity contribution in [3.8, 4) is 0 Å². The summed E-state index contributed by atoms with van der Waals surface area (Å²) in [6.45, 7) is 7.16. The van der Waals surface area contributed by atoms with E-state index in [0.29, 0.717) is 6.54 Å². The third-order valence-corrected chi connectivity index (χ3v) is 2.13. The molecule has 0 aliphatic carbocycles. The highest BCUT2D eigenvalue weighted by Gasteiger charge is 2.18. The molecule has 5 heteroatoms. The Morgan fingerprint density at radius 2 is 2.33 bits per heavy atom. The fourth-order valence-corrected chi connectivity index (χ4v) is 1.41. The van der Waals surface area contributed by atoms with Gasteiger partial charge in [0.25, 0.3) is 0 Å². The molecule has 5 nitrogen and oxygen atoms in total. The minimum absolute atomic E-state index is 0.0616. The molecule has 0 aromatic carbocycles. The Morgan fingerprint density at radius 1 is 1.67 bits per heavy atom. The molecule has 0 atom stereocenters. The summed E-state index contributed by atoms with van der Waals surface area (Å²) < 4.78 is 1.54. The maximum Gasteiger partial charge on any atom is 0.354 e. The molecule has 1 aromatic heterocycles. The molecule has 1 aromatic rings. The maximum absolute atomic E-state index is 11.1. The van der Waals surface area contributed by atoms with Gasteiger partial charge in [-0.2, -0.15) is 5.10 Å². The highest BCUT2D eigenvalue weighted by atomic mass is 16.4. The monoisotopic (exact) mass is 211 g/mol. The van der Waals surface area contributed by atoms with Gasteiger partial charge in [-0.1, -0.05) is 6.92 Å². The molecular formula is C10H17N3O2. The molecule has 1 rings (SSSR count). The van der Waals surface area contributed by atoms with Gasteiger partial charge in [-0.05, 0) is 20.4 Å². The topological polar surface area (TPSA) is 67.2 Å². The van der Waals surface area contributed by atoms with Gasteiger partial charge in [-0.3, -0.25) is 4.68 Å². The van der Waals surface area contributed by atoms with E-state index >= 15 is 0 Å². The maximum atomic E-state index is 11.1. The van der Waals surface area contributed by atoms with Crippen LogP contribution in [0.25, 0.3) is 0 Å². The molecule has 0 radical (unpaired) electrons. The van der Waals surface area contributed by atoms with E-state index < -0.39 is 5.97 Å². The second-order valence-electron chi connectivity index (χ2n) is 3.64. The molecule has 0 fully saturated rings. The second-order valence-corrected chi connectivity index (χ2v) is 3.64. The Morgan fingerprint density at radius 3 is 2.80 bits per heavy atom. The Bertz CT molecular complexity index is 344. The van der Waals surface area contributed by atoms with Gasteiger partial charge in [0.15, 0.2) is 5.69 Å². The van der Waals surface area contributed by atoms with Crippen LogP contribution in [0.15, 0.2) is 6.20 Å². The Kier molecular flexibility index (Phi) is 3.85. The predicted octanol–water partition coefficient (Wildman–Crippen LogP) is 1.27. The fourth-order valence-electron chi connectivity index (χ4n) is 1.41. The van der Waals surface area contributed by atoms with Gasteiger partial charge in [-0.15, -0.1) is 0 Å². The summed E-state index contributed by atoms with van der Waals surface area (Å²) in [5, 5.41) is 16.3. The number of aromatic carboxylic acids is 1. The van der Waals surface area contributed by atoms with Gasteiger partial charge in [0.1, 0.15) is 0 Å². The van der Waals surface area contributed by atoms with Gasteiger partial charge in [0.05, 0.1) is 6.20 Å². The summed E-state index contributed by atoms with van der Waals surface area (Å²) in [5.41, 5.74) is 1.02. The lowest BCUT2D eigenvalue weighted by molar-refractivity contribution is 0.0679. The van der Waals surface area contributed by atoms with Crippen LogP contribution in [0, 0.1) is 0 Å². The molecule has 0 bridgehead atoms. The summed E-state index contributed by atoms with van der Waals surface area (Å²) in [6, 6.07) is 0.0616. The van der Waals surface area contributed by atoms with E-state index in [0.717, 1.165) is 12.1 Å². The number of rotatable bonds is 5. The Labute approximate surface area is 89.1 Å². The lowest BCUT2D eigenvalue weighted by Crippen LogP contribution is -2.17. The summed E-state index contributed by atoms with van der Waals surface area (Å²) in [7, 11) is 0. The van der Waals surface area contributed by atoms with Crippen LogP contribution in [0.5, 0.6) is 0 Å². The summed E-state index contributed by atoms with van der Waals surface area (Å²) in [4.78, 5) is 11.1. The minimum atomic E-state index is -0.922. The first-order chi connectivity index (χ1) is 7.07. The van der Waals surface area contributed by atoms with Gasteiger partial charge in [0, 0.05) is 18.2 Å². The lowest BCUT2D eigenvalue weighted by atomic mass is 10.2. The van der Waals surface area contributed by atoms with Crippen LogP contribution in [-0.4, -0.2) is 27.4 Å². The van der Waals surface area contributed by atoms with Crippen LogP contribution < -0.4 is 5.32 Å². The SMILES string of the molecule is CCNCc1cnn(C(C)C)c1C(=O)O. The van der Waals surface area contributed by atoms with E-state index in [9.17, 15) is 4.79 Å². The molecule has 1 heterocycles. The van der Waals surface area contributed by atoms with E-state index in [1.807, 2.05) is 20.8 Å². The van der Waals surface area contributed by atoms with E-state index in [4.69, 9.17) is 5.11 Å². The minimum Gasteiger partial charge on any atom is -0.477 e. The highest BCUT2D eigenvalue weighted by Crippen LogP contribution is 2.13. The Balaban J connectivity index is 3.01. The van der Waals surface area contributed by atoms with Gasteiger partial charge in [0.2, 0.25) is 0 Å². The number of carboxylic acids is 1. The van der Waals surface area contributed by atoms with Crippen LogP contribution in [0.3, 0.4) is 0 Å². The van der Waals surface area contributed by atoms with Crippen molar-refractivity contribution in [1.82, 2.24) is 15.1 Å². The molecule has 0 amide bonds. The van der Waals surface area contributed by atoms with Crippen molar-refractivity contribution >= 4 is 5.97 Å². The van der Waals surface area contributed by atoms with Gasteiger partial charge >= 0.3 is 5.97 Å². The quantitative estimate of drug-likeness (QED) is 0.769. The number of aromatic nitrogens is 2. The number of nitrogens with one attached hydrogen (secondary N) is 1. The van der Waals surface area contributed by atoms with Crippen LogP contribution >= 0.6 is 0 Å². The number of carboxylic acid groups (broad SMARTS) is 1. The van der Waals surface area contributed by atoms with Crippen molar-refractivity contribution in [1.29, 1.82) is 0 Å². The van der Waals surface area contributed by atoms with Gasteiger partial charge < -0.3 is 10.4 Å². The van der Waals surface area contributed by atoms with Crippen LogP contribution in [0.4, 0.5) is 0 Å². The van der Waals surface area contributed by atoms with E-state index in [1.165, 1.54) is 4.68 Å². The number of hydrogen-bond donors (Lipinski definition) is 2. The zero-order valence-electron chi connectivity index (χ0n) is 9.32. The van der Waals surface area contributed by atoms with Crippen molar-refractivity contribution < 1.29 is 9.90 Å². The van der Waals surface area contributed by atoms with Crippen LogP contribution in [0.2, 0.25) is 0 Å². The van der Waals surface area contributed by atoms with E-state index in [1.54, 1.807) is 6.20 Å². The fraction of sp³-hybridized carbons (Fsp3) is 0.600. The average molecular weight is 211 g/mol. The van der Waals surface area contributed by atoms with Crippen molar-refractivity contribution in [3.05, 3.63) is 17.5 Å². The Hall–Kier alpha value is -1.36. The molecular weight excluding hydrogens is 194 g/mol. The zero-order chi connectivity index (χ0) is 11.4. The number of hydrogen-bond acceptors (Lipinski definition) is 3.